The van der Waals surface area contributed by atoms with Crippen LogP contribution in [-0.2, 0) is 4.74 Å². The number of rotatable bonds is 3. The molecule has 2 rings (SSSR count). The predicted octanol–water partition coefficient (Wildman–Crippen LogP) is 2.74. The number of hydrogen-bond donors (Lipinski definition) is 1. The third kappa shape index (κ3) is 2.90. The van der Waals surface area contributed by atoms with E-state index in [0.29, 0.717) is 11.5 Å². The Morgan fingerprint density at radius 3 is 2.84 bits per heavy atom. The summed E-state index contributed by atoms with van der Waals surface area (Å²) in [6.07, 6.45) is 0.351. The number of hydrogen-bond acceptors (Lipinski definition) is 3. The molecule has 19 heavy (non-hydrogen) atoms. The molecule has 1 aliphatic heterocycles. The van der Waals surface area contributed by atoms with Crippen molar-refractivity contribution < 1.29 is 14.2 Å². The fraction of sp³-hybridized carbons (Fsp3) is 0.600. The monoisotopic (exact) mass is 267 g/mol. The Labute approximate surface area is 114 Å². The fourth-order valence-corrected chi connectivity index (χ4v) is 2.77. The molecule has 0 amide bonds. The van der Waals surface area contributed by atoms with Crippen molar-refractivity contribution in [3.8, 4) is 0 Å². The van der Waals surface area contributed by atoms with E-state index in [0.717, 1.165) is 25.2 Å². The maximum Gasteiger partial charge on any atom is 0.131 e. The van der Waals surface area contributed by atoms with Crippen molar-refractivity contribution in [3.05, 3.63) is 29.6 Å². The van der Waals surface area contributed by atoms with Crippen LogP contribution in [-0.4, -0.2) is 31.4 Å². The molecule has 0 bridgehead atoms. The van der Waals surface area contributed by atoms with E-state index in [-0.39, 0.29) is 11.9 Å². The number of halogens is 1. The van der Waals surface area contributed by atoms with Crippen LogP contribution >= 0.6 is 0 Å². The van der Waals surface area contributed by atoms with Crippen molar-refractivity contribution in [1.82, 2.24) is 0 Å². The molecule has 1 aliphatic rings. The van der Waals surface area contributed by atoms with Crippen LogP contribution < -0.4 is 4.90 Å². The molecule has 2 unspecified atom stereocenters. The van der Waals surface area contributed by atoms with E-state index in [1.54, 1.807) is 20.1 Å². The van der Waals surface area contributed by atoms with Crippen molar-refractivity contribution in [1.29, 1.82) is 0 Å². The summed E-state index contributed by atoms with van der Waals surface area (Å²) in [4.78, 5) is 2.11. The second kappa shape index (κ2) is 5.88. The number of benzene rings is 1. The van der Waals surface area contributed by atoms with Gasteiger partial charge in [0.05, 0.1) is 12.2 Å². The number of ether oxygens (including phenoxy) is 1. The molecule has 3 nitrogen and oxygen atoms in total. The molecule has 3 atom stereocenters. The maximum atomic E-state index is 13.9. The summed E-state index contributed by atoms with van der Waals surface area (Å²) >= 11 is 0. The van der Waals surface area contributed by atoms with Gasteiger partial charge in [0.15, 0.2) is 0 Å². The normalized spacial score (nSPS) is 25.4. The second-order valence-corrected chi connectivity index (χ2v) is 5.33. The van der Waals surface area contributed by atoms with E-state index in [1.165, 1.54) is 6.07 Å². The first-order chi connectivity index (χ1) is 9.04. The van der Waals surface area contributed by atoms with Crippen LogP contribution in [0.15, 0.2) is 18.2 Å². The molecule has 106 valence electrons. The highest BCUT2D eigenvalue weighted by Crippen LogP contribution is 2.32. The summed E-state index contributed by atoms with van der Waals surface area (Å²) in [6, 6.07) is 4.95. The highest BCUT2D eigenvalue weighted by atomic mass is 19.1. The van der Waals surface area contributed by atoms with Crippen LogP contribution in [0.5, 0.6) is 0 Å². The summed E-state index contributed by atoms with van der Waals surface area (Å²) in [5.74, 6) is 0.157. The SMILES string of the molecule is COC1CN(c2cccc(F)c2[C@@H](C)O)CCC1C. The van der Waals surface area contributed by atoms with Crippen molar-refractivity contribution in [2.45, 2.75) is 32.5 Å². The zero-order valence-corrected chi connectivity index (χ0v) is 11.8. The lowest BCUT2D eigenvalue weighted by molar-refractivity contribution is 0.0496. The van der Waals surface area contributed by atoms with Gasteiger partial charge in [0.1, 0.15) is 5.82 Å². The van der Waals surface area contributed by atoms with Crippen LogP contribution in [0.4, 0.5) is 10.1 Å². The number of methoxy groups -OCH3 is 1. The Bertz CT molecular complexity index is 436. The molecule has 1 aromatic carbocycles. The van der Waals surface area contributed by atoms with Crippen LogP contribution in [0, 0.1) is 11.7 Å². The number of anilines is 1. The van der Waals surface area contributed by atoms with E-state index in [2.05, 4.69) is 11.8 Å². The summed E-state index contributed by atoms with van der Waals surface area (Å²) < 4.78 is 19.4. The fourth-order valence-electron chi connectivity index (χ4n) is 2.77. The Kier molecular flexibility index (Phi) is 4.42. The second-order valence-electron chi connectivity index (χ2n) is 5.33. The Morgan fingerprint density at radius 1 is 1.47 bits per heavy atom. The zero-order valence-electron chi connectivity index (χ0n) is 11.8. The minimum absolute atomic E-state index is 0.152. The third-order valence-electron chi connectivity index (χ3n) is 3.98. The molecule has 0 aliphatic carbocycles. The molecule has 1 N–H and O–H groups in total. The number of nitrogens with zero attached hydrogens (tertiary/aromatic N) is 1. The Morgan fingerprint density at radius 2 is 2.21 bits per heavy atom. The van der Waals surface area contributed by atoms with E-state index in [4.69, 9.17) is 4.74 Å². The lowest BCUT2D eigenvalue weighted by Gasteiger charge is -2.38. The molecule has 1 fully saturated rings. The minimum atomic E-state index is -0.809. The van der Waals surface area contributed by atoms with Gasteiger partial charge in [-0.15, -0.1) is 0 Å². The van der Waals surface area contributed by atoms with Gasteiger partial charge in [-0.3, -0.25) is 0 Å². The maximum absolute atomic E-state index is 13.9. The molecule has 0 spiro atoms. The van der Waals surface area contributed by atoms with Crippen LogP contribution in [0.25, 0.3) is 0 Å². The van der Waals surface area contributed by atoms with Gasteiger partial charge in [0.2, 0.25) is 0 Å². The first kappa shape index (κ1) is 14.3. The minimum Gasteiger partial charge on any atom is -0.389 e. The van der Waals surface area contributed by atoms with Gasteiger partial charge in [0.25, 0.3) is 0 Å². The first-order valence-electron chi connectivity index (χ1n) is 6.78. The van der Waals surface area contributed by atoms with Crippen molar-refractivity contribution in [3.63, 3.8) is 0 Å². The smallest absolute Gasteiger partial charge is 0.131 e. The Hall–Kier alpha value is -1.13. The largest absolute Gasteiger partial charge is 0.389 e. The lowest BCUT2D eigenvalue weighted by Crippen LogP contribution is -2.44. The van der Waals surface area contributed by atoms with Gasteiger partial charge in [-0.2, -0.15) is 0 Å². The average Bonchev–Trinajstić information content (AvgIpc) is 2.38. The molecule has 1 saturated heterocycles. The van der Waals surface area contributed by atoms with E-state index in [1.807, 2.05) is 6.07 Å². The van der Waals surface area contributed by atoms with Gasteiger partial charge in [-0.25, -0.2) is 4.39 Å². The van der Waals surface area contributed by atoms with Gasteiger partial charge >= 0.3 is 0 Å². The van der Waals surface area contributed by atoms with Gasteiger partial charge in [-0.05, 0) is 31.4 Å². The van der Waals surface area contributed by atoms with E-state index in [9.17, 15) is 9.50 Å². The molecule has 4 heteroatoms. The number of piperidine rings is 1. The molecule has 0 aromatic heterocycles. The van der Waals surface area contributed by atoms with Crippen molar-refractivity contribution in [2.24, 2.45) is 5.92 Å². The summed E-state index contributed by atoms with van der Waals surface area (Å²) in [7, 11) is 1.71. The number of aliphatic hydroxyl groups is 1. The Balaban J connectivity index is 2.29. The number of aliphatic hydroxyl groups excluding tert-OH is 1. The standard InChI is InChI=1S/C15H22FNO2/c1-10-7-8-17(9-14(10)19-3)13-6-4-5-12(16)15(13)11(2)18/h4-6,10-11,14,18H,7-9H2,1-3H3/t10?,11-,14?/m1/s1. The molecule has 1 heterocycles. The third-order valence-corrected chi connectivity index (χ3v) is 3.98. The van der Waals surface area contributed by atoms with Crippen molar-refractivity contribution >= 4 is 5.69 Å². The van der Waals surface area contributed by atoms with E-state index < -0.39 is 6.10 Å². The zero-order chi connectivity index (χ0) is 14.0. The summed E-state index contributed by atoms with van der Waals surface area (Å²) in [5.41, 5.74) is 1.16. The van der Waals surface area contributed by atoms with Gasteiger partial charge in [0, 0.05) is 31.5 Å². The van der Waals surface area contributed by atoms with Crippen LogP contribution in [0.3, 0.4) is 0 Å². The molecular weight excluding hydrogens is 245 g/mol. The van der Waals surface area contributed by atoms with Gasteiger partial charge < -0.3 is 14.7 Å². The van der Waals surface area contributed by atoms with Crippen LogP contribution in [0.2, 0.25) is 0 Å². The highest BCUT2D eigenvalue weighted by molar-refractivity contribution is 5.55. The average molecular weight is 267 g/mol. The molecule has 0 saturated carbocycles. The molecule has 0 radical (unpaired) electrons. The summed E-state index contributed by atoms with van der Waals surface area (Å²) in [5, 5.41) is 9.79. The summed E-state index contributed by atoms with van der Waals surface area (Å²) in [6.45, 7) is 5.37. The topological polar surface area (TPSA) is 32.7 Å². The van der Waals surface area contributed by atoms with Crippen molar-refractivity contribution in [2.75, 3.05) is 25.1 Å². The molecule has 1 aromatic rings. The van der Waals surface area contributed by atoms with Crippen LogP contribution in [0.1, 0.15) is 31.9 Å². The highest BCUT2D eigenvalue weighted by Gasteiger charge is 2.28. The lowest BCUT2D eigenvalue weighted by atomic mass is 9.94. The van der Waals surface area contributed by atoms with Gasteiger partial charge in [-0.1, -0.05) is 13.0 Å². The first-order valence-corrected chi connectivity index (χ1v) is 6.78. The van der Waals surface area contributed by atoms with E-state index >= 15 is 0 Å². The predicted molar refractivity (Wildman–Crippen MR) is 73.8 cm³/mol. The molecular formula is C15H22FNO2. The quantitative estimate of drug-likeness (QED) is 0.914.